The van der Waals surface area contributed by atoms with E-state index < -0.39 is 6.09 Å². The van der Waals surface area contributed by atoms with Crippen molar-refractivity contribution in [3.8, 4) is 11.3 Å². The van der Waals surface area contributed by atoms with Crippen molar-refractivity contribution in [2.45, 2.75) is 13.8 Å². The van der Waals surface area contributed by atoms with Crippen LogP contribution in [-0.4, -0.2) is 23.6 Å². The molecule has 0 saturated heterocycles. The van der Waals surface area contributed by atoms with Gasteiger partial charge in [-0.25, -0.2) is 9.78 Å². The van der Waals surface area contributed by atoms with E-state index in [1.807, 2.05) is 24.4 Å². The van der Waals surface area contributed by atoms with Crippen LogP contribution >= 0.6 is 11.3 Å². The van der Waals surface area contributed by atoms with Gasteiger partial charge < -0.3 is 10.1 Å². The van der Waals surface area contributed by atoms with Gasteiger partial charge in [-0.05, 0) is 50.2 Å². The monoisotopic (exact) mass is 381 g/mol. The Bertz CT molecular complexity index is 934. The fraction of sp³-hybridized carbons (Fsp3) is 0.150. The van der Waals surface area contributed by atoms with E-state index in [4.69, 9.17) is 4.74 Å². The van der Waals surface area contributed by atoms with Crippen LogP contribution < -0.4 is 10.6 Å². The van der Waals surface area contributed by atoms with Crippen LogP contribution in [0.4, 0.5) is 16.2 Å². The lowest BCUT2D eigenvalue weighted by molar-refractivity contribution is 0.102. The predicted molar refractivity (Wildman–Crippen MR) is 107 cm³/mol. The first kappa shape index (κ1) is 18.6. The number of hydrogen-bond donors (Lipinski definition) is 2. The van der Waals surface area contributed by atoms with Crippen LogP contribution in [-0.2, 0) is 4.74 Å². The Morgan fingerprint density at radius 1 is 1.00 bits per heavy atom. The van der Waals surface area contributed by atoms with E-state index in [-0.39, 0.29) is 5.91 Å². The van der Waals surface area contributed by atoms with E-state index in [9.17, 15) is 9.59 Å². The highest BCUT2D eigenvalue weighted by Crippen LogP contribution is 2.22. The molecule has 0 unspecified atom stereocenters. The summed E-state index contributed by atoms with van der Waals surface area (Å²) in [5, 5.41) is 8.43. The molecule has 0 aliphatic rings. The average Bonchev–Trinajstić information content (AvgIpc) is 3.10. The number of aromatic nitrogens is 1. The minimum Gasteiger partial charge on any atom is -0.450 e. The summed E-state index contributed by atoms with van der Waals surface area (Å²) in [5.74, 6) is -0.206. The summed E-state index contributed by atoms with van der Waals surface area (Å²) < 4.78 is 4.82. The molecule has 1 aromatic heterocycles. The molecule has 0 bridgehead atoms. The van der Waals surface area contributed by atoms with Crippen LogP contribution in [0.25, 0.3) is 11.3 Å². The molecule has 0 aliphatic heterocycles. The molecule has 0 atom stereocenters. The van der Waals surface area contributed by atoms with Gasteiger partial charge in [0.05, 0.1) is 17.3 Å². The highest BCUT2D eigenvalue weighted by Gasteiger charge is 2.08. The third kappa shape index (κ3) is 4.92. The number of anilines is 2. The van der Waals surface area contributed by atoms with Gasteiger partial charge >= 0.3 is 6.09 Å². The fourth-order valence-electron chi connectivity index (χ4n) is 2.41. The minimum absolute atomic E-state index is 0.206. The van der Waals surface area contributed by atoms with Crippen molar-refractivity contribution in [1.82, 2.24) is 4.98 Å². The highest BCUT2D eigenvalue weighted by molar-refractivity contribution is 7.09. The van der Waals surface area contributed by atoms with Crippen LogP contribution in [0.2, 0.25) is 0 Å². The van der Waals surface area contributed by atoms with Gasteiger partial charge in [0.15, 0.2) is 0 Å². The maximum absolute atomic E-state index is 12.4. The van der Waals surface area contributed by atoms with Crippen molar-refractivity contribution in [3.63, 3.8) is 0 Å². The highest BCUT2D eigenvalue weighted by atomic mass is 32.1. The molecule has 0 saturated carbocycles. The van der Waals surface area contributed by atoms with E-state index in [1.54, 1.807) is 54.7 Å². The number of hydrogen-bond acceptors (Lipinski definition) is 5. The van der Waals surface area contributed by atoms with Crippen LogP contribution in [0.15, 0.2) is 53.9 Å². The Labute approximate surface area is 161 Å². The van der Waals surface area contributed by atoms with Crippen LogP contribution in [0.3, 0.4) is 0 Å². The molecule has 3 rings (SSSR count). The number of carbonyl (C=O) groups excluding carboxylic acids is 2. The normalized spacial score (nSPS) is 10.3. The standard InChI is InChI=1S/C20H19N3O3S/c1-3-26-20(25)23-17-10-8-16(9-11-17)22-19(24)15-6-4-14(5-7-15)18-12-27-13(2)21-18/h4-12H,3H2,1-2H3,(H,22,24)(H,23,25). The molecule has 0 radical (unpaired) electrons. The molecule has 1 heterocycles. The number of aryl methyl sites for hydroxylation is 1. The van der Waals surface area contributed by atoms with Gasteiger partial charge in [-0.3, -0.25) is 10.1 Å². The molecular weight excluding hydrogens is 362 g/mol. The predicted octanol–water partition coefficient (Wildman–Crippen LogP) is 4.94. The molecule has 2 aromatic carbocycles. The summed E-state index contributed by atoms with van der Waals surface area (Å²) >= 11 is 1.59. The Balaban J connectivity index is 1.62. The number of nitrogens with zero attached hydrogens (tertiary/aromatic N) is 1. The Morgan fingerprint density at radius 2 is 1.63 bits per heavy atom. The lowest BCUT2D eigenvalue weighted by Gasteiger charge is -2.08. The second-order valence-electron chi connectivity index (χ2n) is 5.71. The van der Waals surface area contributed by atoms with Crippen LogP contribution in [0.1, 0.15) is 22.3 Å². The van der Waals surface area contributed by atoms with Gasteiger partial charge in [0.2, 0.25) is 0 Å². The molecule has 2 amide bonds. The molecule has 3 aromatic rings. The van der Waals surface area contributed by atoms with Gasteiger partial charge in [-0.2, -0.15) is 0 Å². The van der Waals surface area contributed by atoms with Crippen molar-refractivity contribution < 1.29 is 14.3 Å². The van der Waals surface area contributed by atoms with Crippen molar-refractivity contribution >= 4 is 34.7 Å². The lowest BCUT2D eigenvalue weighted by atomic mass is 10.1. The zero-order valence-electron chi connectivity index (χ0n) is 15.0. The van der Waals surface area contributed by atoms with Crippen LogP contribution in [0.5, 0.6) is 0 Å². The van der Waals surface area contributed by atoms with Crippen molar-refractivity contribution in [3.05, 3.63) is 64.5 Å². The van der Waals surface area contributed by atoms with E-state index in [0.717, 1.165) is 16.3 Å². The van der Waals surface area contributed by atoms with E-state index in [2.05, 4.69) is 15.6 Å². The van der Waals surface area contributed by atoms with Crippen molar-refractivity contribution in [2.24, 2.45) is 0 Å². The maximum atomic E-state index is 12.4. The fourth-order valence-corrected chi connectivity index (χ4v) is 3.04. The molecule has 6 nitrogen and oxygen atoms in total. The van der Waals surface area contributed by atoms with E-state index in [0.29, 0.717) is 23.5 Å². The molecular formula is C20H19N3O3S. The van der Waals surface area contributed by atoms with Crippen molar-refractivity contribution in [1.29, 1.82) is 0 Å². The summed E-state index contributed by atoms with van der Waals surface area (Å²) in [6.45, 7) is 4.01. The summed E-state index contributed by atoms with van der Waals surface area (Å²) in [4.78, 5) is 28.2. The summed E-state index contributed by atoms with van der Waals surface area (Å²) in [6, 6.07) is 14.1. The third-order valence-electron chi connectivity index (χ3n) is 3.73. The Morgan fingerprint density at radius 3 is 2.19 bits per heavy atom. The van der Waals surface area contributed by atoms with E-state index in [1.165, 1.54) is 0 Å². The zero-order valence-corrected chi connectivity index (χ0v) is 15.8. The topological polar surface area (TPSA) is 80.3 Å². The number of nitrogens with one attached hydrogen (secondary N) is 2. The first-order chi connectivity index (χ1) is 13.0. The van der Waals surface area contributed by atoms with E-state index >= 15 is 0 Å². The first-order valence-corrected chi connectivity index (χ1v) is 9.31. The van der Waals surface area contributed by atoms with Crippen LogP contribution in [0, 0.1) is 6.92 Å². The van der Waals surface area contributed by atoms with Gasteiger partial charge in [0, 0.05) is 27.9 Å². The third-order valence-corrected chi connectivity index (χ3v) is 4.50. The molecule has 138 valence electrons. The maximum Gasteiger partial charge on any atom is 0.411 e. The Kier molecular flexibility index (Phi) is 5.83. The average molecular weight is 381 g/mol. The Hall–Kier alpha value is -3.19. The number of benzene rings is 2. The second kappa shape index (κ2) is 8.46. The SMILES string of the molecule is CCOC(=O)Nc1ccc(NC(=O)c2ccc(-c3csc(C)n3)cc2)cc1. The quantitative estimate of drug-likeness (QED) is 0.656. The molecule has 0 spiro atoms. The summed E-state index contributed by atoms with van der Waals surface area (Å²) in [6.07, 6.45) is -0.510. The first-order valence-electron chi connectivity index (χ1n) is 8.43. The van der Waals surface area contributed by atoms with Gasteiger partial charge in [-0.1, -0.05) is 12.1 Å². The summed E-state index contributed by atoms with van der Waals surface area (Å²) in [5.41, 5.74) is 3.67. The van der Waals surface area contributed by atoms with Crippen molar-refractivity contribution in [2.75, 3.05) is 17.2 Å². The molecule has 0 aliphatic carbocycles. The summed E-state index contributed by atoms with van der Waals surface area (Å²) in [7, 11) is 0. The largest absolute Gasteiger partial charge is 0.450 e. The molecule has 27 heavy (non-hydrogen) atoms. The lowest BCUT2D eigenvalue weighted by Crippen LogP contribution is -2.14. The number of rotatable bonds is 5. The minimum atomic E-state index is -0.510. The second-order valence-corrected chi connectivity index (χ2v) is 6.77. The molecule has 0 fully saturated rings. The van der Waals surface area contributed by atoms with Gasteiger partial charge in [-0.15, -0.1) is 11.3 Å². The zero-order chi connectivity index (χ0) is 19.2. The number of thiazole rings is 1. The number of amides is 2. The smallest absolute Gasteiger partial charge is 0.411 e. The number of ether oxygens (including phenoxy) is 1. The molecule has 2 N–H and O–H groups in total. The molecule has 7 heteroatoms. The number of carbonyl (C=O) groups is 2. The van der Waals surface area contributed by atoms with Gasteiger partial charge in [0.25, 0.3) is 5.91 Å². The van der Waals surface area contributed by atoms with Gasteiger partial charge in [0.1, 0.15) is 0 Å².